The minimum absolute atomic E-state index is 0.232. The molecule has 0 bridgehead atoms. The molecule has 0 aromatic rings. The van der Waals surface area contributed by atoms with Gasteiger partial charge in [-0.2, -0.15) is 11.8 Å². The average molecular weight is 463 g/mol. The zero-order chi connectivity index (χ0) is 24.1. The van der Waals surface area contributed by atoms with Crippen molar-refractivity contribution in [1.29, 1.82) is 0 Å². The molecule has 14 heteroatoms. The molecular weight excluding hydrogens is 432 g/mol. The number of carbonyl (C=O) groups is 6. The van der Waals surface area contributed by atoms with Crippen molar-refractivity contribution < 1.29 is 33.9 Å². The Bertz CT molecular complexity index is 690. The van der Waals surface area contributed by atoms with Gasteiger partial charge in [0.15, 0.2) is 0 Å². The number of carboxylic acid groups (broad SMARTS) is 1. The van der Waals surface area contributed by atoms with Crippen molar-refractivity contribution in [2.24, 2.45) is 17.2 Å². The van der Waals surface area contributed by atoms with E-state index in [1.54, 1.807) is 0 Å². The van der Waals surface area contributed by atoms with E-state index >= 15 is 0 Å². The van der Waals surface area contributed by atoms with Crippen LogP contribution in [0.4, 0.5) is 0 Å². The molecule has 0 rings (SSSR count). The molecule has 10 N–H and O–H groups in total. The van der Waals surface area contributed by atoms with Gasteiger partial charge >= 0.3 is 5.97 Å². The molecule has 0 saturated carbocycles. The topological polar surface area (TPSA) is 237 Å². The minimum Gasteiger partial charge on any atom is -0.480 e. The van der Waals surface area contributed by atoms with E-state index in [1.807, 2.05) is 6.26 Å². The maximum atomic E-state index is 12.5. The molecule has 0 saturated heterocycles. The van der Waals surface area contributed by atoms with E-state index in [9.17, 15) is 28.8 Å². The number of thioether (sulfide) groups is 1. The quantitative estimate of drug-likeness (QED) is 0.129. The second-order valence-electron chi connectivity index (χ2n) is 6.75. The highest BCUT2D eigenvalue weighted by Gasteiger charge is 2.29. The summed E-state index contributed by atoms with van der Waals surface area (Å²) >= 11 is 1.51. The summed E-state index contributed by atoms with van der Waals surface area (Å²) in [5, 5.41) is 15.9. The first-order valence-corrected chi connectivity index (χ1v) is 10.7. The van der Waals surface area contributed by atoms with Gasteiger partial charge in [-0.1, -0.05) is 0 Å². The lowest BCUT2D eigenvalue weighted by atomic mass is 10.1. The maximum absolute atomic E-state index is 12.5. The number of carbonyl (C=O) groups excluding carboxylic acids is 5. The van der Waals surface area contributed by atoms with Gasteiger partial charge in [-0.05, 0) is 31.8 Å². The SMILES string of the molecule is CSCCC(N)C(=O)NC(C)C(=O)NC(CCC(N)=O)C(=O)NC(CC(N)=O)C(=O)O. The van der Waals surface area contributed by atoms with Gasteiger partial charge in [0.2, 0.25) is 29.5 Å². The Morgan fingerprint density at radius 2 is 1.45 bits per heavy atom. The molecule has 0 aliphatic heterocycles. The van der Waals surface area contributed by atoms with Crippen molar-refractivity contribution in [2.75, 3.05) is 12.0 Å². The Labute approximate surface area is 183 Å². The number of nitrogens with two attached hydrogens (primary N) is 3. The summed E-state index contributed by atoms with van der Waals surface area (Å²) in [5.74, 6) is -4.84. The molecule has 4 atom stereocenters. The van der Waals surface area contributed by atoms with Gasteiger partial charge in [0.25, 0.3) is 0 Å². The van der Waals surface area contributed by atoms with Crippen LogP contribution in [0.2, 0.25) is 0 Å². The van der Waals surface area contributed by atoms with Crippen LogP contribution in [0.15, 0.2) is 0 Å². The van der Waals surface area contributed by atoms with Crippen LogP contribution in [-0.2, 0) is 28.8 Å². The fraction of sp³-hybridized carbons (Fsp3) is 0.647. The number of hydrogen-bond acceptors (Lipinski definition) is 8. The van der Waals surface area contributed by atoms with Crippen LogP contribution in [-0.4, -0.2) is 76.8 Å². The molecule has 4 unspecified atom stereocenters. The lowest BCUT2D eigenvalue weighted by molar-refractivity contribution is -0.144. The molecular formula is C17H30N6O7S. The summed E-state index contributed by atoms with van der Waals surface area (Å²) < 4.78 is 0. The van der Waals surface area contributed by atoms with Crippen LogP contribution in [0, 0.1) is 0 Å². The van der Waals surface area contributed by atoms with Crippen molar-refractivity contribution in [1.82, 2.24) is 16.0 Å². The van der Waals surface area contributed by atoms with Crippen LogP contribution in [0.5, 0.6) is 0 Å². The smallest absolute Gasteiger partial charge is 0.326 e. The van der Waals surface area contributed by atoms with Crippen LogP contribution in [0.25, 0.3) is 0 Å². The molecule has 0 aromatic carbocycles. The van der Waals surface area contributed by atoms with E-state index in [0.29, 0.717) is 12.2 Å². The van der Waals surface area contributed by atoms with Crippen LogP contribution >= 0.6 is 11.8 Å². The summed E-state index contributed by atoms with van der Waals surface area (Å²) in [6, 6.07) is -4.86. The summed E-state index contributed by atoms with van der Waals surface area (Å²) in [6.45, 7) is 1.37. The lowest BCUT2D eigenvalue weighted by Crippen LogP contribution is -2.56. The fourth-order valence-electron chi connectivity index (χ4n) is 2.29. The number of hydrogen-bond donors (Lipinski definition) is 7. The maximum Gasteiger partial charge on any atom is 0.326 e. The second kappa shape index (κ2) is 14.2. The summed E-state index contributed by atoms with van der Waals surface area (Å²) in [5.41, 5.74) is 15.8. The molecule has 0 fully saturated rings. The first-order chi connectivity index (χ1) is 14.4. The zero-order valence-electron chi connectivity index (χ0n) is 17.4. The Morgan fingerprint density at radius 1 is 0.871 bits per heavy atom. The van der Waals surface area contributed by atoms with Crippen molar-refractivity contribution in [3.05, 3.63) is 0 Å². The van der Waals surface area contributed by atoms with E-state index in [0.717, 1.165) is 0 Å². The summed E-state index contributed by atoms with van der Waals surface area (Å²) in [7, 11) is 0. The molecule has 0 spiro atoms. The zero-order valence-corrected chi connectivity index (χ0v) is 18.2. The third-order valence-electron chi connectivity index (χ3n) is 4.05. The third-order valence-corrected chi connectivity index (χ3v) is 4.70. The Hall–Kier alpha value is -2.87. The van der Waals surface area contributed by atoms with Gasteiger partial charge in [0.05, 0.1) is 12.5 Å². The number of carboxylic acids is 1. The third kappa shape index (κ3) is 11.8. The second-order valence-corrected chi connectivity index (χ2v) is 7.74. The van der Waals surface area contributed by atoms with E-state index in [-0.39, 0.29) is 12.8 Å². The molecule has 0 aliphatic rings. The van der Waals surface area contributed by atoms with Gasteiger partial charge in [0, 0.05) is 6.42 Å². The number of rotatable bonds is 15. The monoisotopic (exact) mass is 462 g/mol. The van der Waals surface area contributed by atoms with Crippen LogP contribution < -0.4 is 33.2 Å². The van der Waals surface area contributed by atoms with E-state index < -0.39 is 66.1 Å². The average Bonchev–Trinajstić information content (AvgIpc) is 2.67. The molecule has 0 heterocycles. The minimum atomic E-state index is -1.62. The Kier molecular flexibility index (Phi) is 12.9. The van der Waals surface area contributed by atoms with E-state index in [4.69, 9.17) is 22.3 Å². The van der Waals surface area contributed by atoms with Gasteiger partial charge < -0.3 is 38.3 Å². The largest absolute Gasteiger partial charge is 0.480 e. The Balaban J connectivity index is 5.15. The molecule has 31 heavy (non-hydrogen) atoms. The van der Waals surface area contributed by atoms with E-state index in [2.05, 4.69) is 16.0 Å². The highest BCUT2D eigenvalue weighted by atomic mass is 32.2. The standard InChI is InChI=1S/C17H30N6O7S/c1-8(21-15(27)9(18)5-6-31-2)14(26)22-10(3-4-12(19)24)16(28)23-11(17(29)30)7-13(20)25/h8-11H,3-7,18H2,1-2H3,(H2,19,24)(H2,20,25)(H,21,27)(H,22,26)(H,23,28)(H,29,30). The van der Waals surface area contributed by atoms with Crippen molar-refractivity contribution in [3.63, 3.8) is 0 Å². The Morgan fingerprint density at radius 3 is 1.94 bits per heavy atom. The summed E-state index contributed by atoms with van der Waals surface area (Å²) in [4.78, 5) is 70.2. The number of amides is 5. The highest BCUT2D eigenvalue weighted by Crippen LogP contribution is 2.03. The van der Waals surface area contributed by atoms with Gasteiger partial charge in [-0.25, -0.2) is 4.79 Å². The van der Waals surface area contributed by atoms with Gasteiger partial charge in [-0.3, -0.25) is 24.0 Å². The first-order valence-electron chi connectivity index (χ1n) is 9.34. The van der Waals surface area contributed by atoms with E-state index in [1.165, 1.54) is 18.7 Å². The molecule has 0 aliphatic carbocycles. The predicted molar refractivity (Wildman–Crippen MR) is 112 cm³/mol. The van der Waals surface area contributed by atoms with Crippen LogP contribution in [0.1, 0.15) is 32.6 Å². The summed E-state index contributed by atoms with van der Waals surface area (Å²) in [6.07, 6.45) is 1.08. The fourth-order valence-corrected chi connectivity index (χ4v) is 2.78. The van der Waals surface area contributed by atoms with Crippen LogP contribution in [0.3, 0.4) is 0 Å². The number of nitrogens with one attached hydrogen (secondary N) is 3. The molecule has 5 amide bonds. The molecule has 0 radical (unpaired) electrons. The molecule has 13 nitrogen and oxygen atoms in total. The number of aliphatic carboxylic acids is 1. The van der Waals surface area contributed by atoms with Crippen molar-refractivity contribution in [3.8, 4) is 0 Å². The first kappa shape index (κ1) is 28.1. The normalized spacial score (nSPS) is 14.4. The van der Waals surface area contributed by atoms with Crippen molar-refractivity contribution in [2.45, 2.75) is 56.8 Å². The number of primary amides is 2. The molecule has 0 aromatic heterocycles. The predicted octanol–water partition coefficient (Wildman–Crippen LogP) is -3.23. The lowest BCUT2D eigenvalue weighted by Gasteiger charge is -2.23. The molecule has 176 valence electrons. The van der Waals surface area contributed by atoms with Gasteiger partial charge in [-0.15, -0.1) is 0 Å². The van der Waals surface area contributed by atoms with Crippen molar-refractivity contribution >= 4 is 47.3 Å². The van der Waals surface area contributed by atoms with Gasteiger partial charge in [0.1, 0.15) is 18.1 Å². The highest BCUT2D eigenvalue weighted by molar-refractivity contribution is 7.98.